The SMILES string of the molecule is CCC(C)NC(=O)C(C)N(Cc1cccc(Br)c1)C(=O)CSCc1ccc(Br)cc1. The van der Waals surface area contributed by atoms with Crippen LogP contribution in [0.4, 0.5) is 0 Å². The number of thioether (sulfide) groups is 1. The number of hydrogen-bond donors (Lipinski definition) is 1. The second-order valence-electron chi connectivity index (χ2n) is 7.26. The molecule has 0 radical (unpaired) electrons. The zero-order valence-electron chi connectivity index (χ0n) is 17.5. The number of rotatable bonds is 10. The van der Waals surface area contributed by atoms with Gasteiger partial charge in [-0.3, -0.25) is 9.59 Å². The Morgan fingerprint density at radius 3 is 2.37 bits per heavy atom. The standard InChI is InChI=1S/C23H28Br2N2O2S/c1-4-16(2)26-23(29)17(3)27(13-19-6-5-7-21(25)12-19)22(28)15-30-14-18-8-10-20(24)11-9-18/h5-12,16-17H,4,13-15H2,1-3H3,(H,26,29). The number of nitrogens with zero attached hydrogens (tertiary/aromatic N) is 1. The van der Waals surface area contributed by atoms with Gasteiger partial charge >= 0.3 is 0 Å². The van der Waals surface area contributed by atoms with Gasteiger partial charge in [0.15, 0.2) is 0 Å². The summed E-state index contributed by atoms with van der Waals surface area (Å²) in [5.74, 6) is 0.914. The molecule has 2 rings (SSSR count). The fourth-order valence-corrected chi connectivity index (χ4v) is 4.38. The lowest BCUT2D eigenvalue weighted by atomic mass is 10.1. The Balaban J connectivity index is 2.07. The number of amides is 2. The first kappa shape index (κ1) is 25.0. The van der Waals surface area contributed by atoms with E-state index in [-0.39, 0.29) is 17.9 Å². The zero-order chi connectivity index (χ0) is 22.1. The van der Waals surface area contributed by atoms with Crippen LogP contribution in [0.25, 0.3) is 0 Å². The van der Waals surface area contributed by atoms with Gasteiger partial charge in [0.2, 0.25) is 11.8 Å². The summed E-state index contributed by atoms with van der Waals surface area (Å²) in [6.07, 6.45) is 0.848. The van der Waals surface area contributed by atoms with Gasteiger partial charge in [0.05, 0.1) is 5.75 Å². The lowest BCUT2D eigenvalue weighted by Crippen LogP contribution is -2.50. The summed E-state index contributed by atoms with van der Waals surface area (Å²) in [4.78, 5) is 27.5. The molecular formula is C23H28Br2N2O2S. The lowest BCUT2D eigenvalue weighted by Gasteiger charge is -2.29. The monoisotopic (exact) mass is 554 g/mol. The average Bonchev–Trinajstić information content (AvgIpc) is 2.72. The molecule has 0 aliphatic carbocycles. The van der Waals surface area contributed by atoms with Crippen LogP contribution in [0.15, 0.2) is 57.5 Å². The van der Waals surface area contributed by atoms with Crippen molar-refractivity contribution in [2.75, 3.05) is 5.75 Å². The maximum Gasteiger partial charge on any atom is 0.242 e. The van der Waals surface area contributed by atoms with Crippen molar-refractivity contribution in [3.63, 3.8) is 0 Å². The molecule has 30 heavy (non-hydrogen) atoms. The molecule has 2 aromatic carbocycles. The van der Waals surface area contributed by atoms with Crippen LogP contribution in [0.5, 0.6) is 0 Å². The van der Waals surface area contributed by atoms with E-state index in [9.17, 15) is 9.59 Å². The molecule has 0 spiro atoms. The second kappa shape index (κ2) is 12.5. The Hall–Kier alpha value is -1.31. The van der Waals surface area contributed by atoms with E-state index < -0.39 is 6.04 Å². The summed E-state index contributed by atoms with van der Waals surface area (Å²) >= 11 is 8.48. The van der Waals surface area contributed by atoms with Gasteiger partial charge in [-0.05, 0) is 55.7 Å². The number of nitrogens with one attached hydrogen (secondary N) is 1. The van der Waals surface area contributed by atoms with E-state index in [0.717, 1.165) is 32.2 Å². The smallest absolute Gasteiger partial charge is 0.242 e. The molecule has 0 fully saturated rings. The predicted molar refractivity (Wildman–Crippen MR) is 132 cm³/mol. The molecule has 4 nitrogen and oxygen atoms in total. The summed E-state index contributed by atoms with van der Waals surface area (Å²) in [5.41, 5.74) is 2.15. The van der Waals surface area contributed by atoms with Gasteiger partial charge in [0, 0.05) is 27.3 Å². The van der Waals surface area contributed by atoms with Crippen LogP contribution in [0.1, 0.15) is 38.3 Å². The molecule has 162 valence electrons. The van der Waals surface area contributed by atoms with Crippen molar-refractivity contribution in [2.24, 2.45) is 0 Å². The number of carbonyl (C=O) groups excluding carboxylic acids is 2. The third kappa shape index (κ3) is 8.08. The minimum atomic E-state index is -0.543. The number of benzene rings is 2. The van der Waals surface area contributed by atoms with Gasteiger partial charge in [0.25, 0.3) is 0 Å². The summed E-state index contributed by atoms with van der Waals surface area (Å²) in [6.45, 7) is 6.19. The Labute approximate surface area is 200 Å². The Kier molecular flexibility index (Phi) is 10.4. The molecule has 1 N–H and O–H groups in total. The van der Waals surface area contributed by atoms with Crippen molar-refractivity contribution in [1.82, 2.24) is 10.2 Å². The molecule has 0 saturated carbocycles. The topological polar surface area (TPSA) is 49.4 Å². The zero-order valence-corrected chi connectivity index (χ0v) is 21.5. The molecule has 0 aliphatic heterocycles. The molecule has 7 heteroatoms. The van der Waals surface area contributed by atoms with Gasteiger partial charge < -0.3 is 10.2 Å². The largest absolute Gasteiger partial charge is 0.352 e. The highest BCUT2D eigenvalue weighted by atomic mass is 79.9. The van der Waals surface area contributed by atoms with Gasteiger partial charge in [-0.15, -0.1) is 11.8 Å². The van der Waals surface area contributed by atoms with E-state index in [1.165, 1.54) is 0 Å². The molecule has 0 aromatic heterocycles. The molecule has 0 heterocycles. The van der Waals surface area contributed by atoms with Crippen LogP contribution in [-0.4, -0.2) is 34.6 Å². The van der Waals surface area contributed by atoms with E-state index in [1.54, 1.807) is 23.6 Å². The minimum Gasteiger partial charge on any atom is -0.352 e. The van der Waals surface area contributed by atoms with Crippen LogP contribution in [0.2, 0.25) is 0 Å². The third-order valence-electron chi connectivity index (χ3n) is 4.82. The first-order chi connectivity index (χ1) is 14.3. The van der Waals surface area contributed by atoms with E-state index in [2.05, 4.69) is 37.2 Å². The van der Waals surface area contributed by atoms with E-state index in [0.29, 0.717) is 12.3 Å². The quantitative estimate of drug-likeness (QED) is 0.404. The van der Waals surface area contributed by atoms with Crippen molar-refractivity contribution in [3.8, 4) is 0 Å². The molecule has 2 unspecified atom stereocenters. The average molecular weight is 556 g/mol. The third-order valence-corrected chi connectivity index (χ3v) is 6.83. The fraction of sp³-hybridized carbons (Fsp3) is 0.391. The normalized spacial score (nSPS) is 12.8. The molecule has 0 saturated heterocycles. The summed E-state index contributed by atoms with van der Waals surface area (Å²) in [7, 11) is 0. The molecule has 2 atom stereocenters. The molecule has 0 bridgehead atoms. The minimum absolute atomic E-state index is 0.0381. The van der Waals surface area contributed by atoms with Gasteiger partial charge in [-0.2, -0.15) is 0 Å². The van der Waals surface area contributed by atoms with Crippen LogP contribution in [0, 0.1) is 0 Å². The number of halogens is 2. The van der Waals surface area contributed by atoms with E-state index in [4.69, 9.17) is 0 Å². The van der Waals surface area contributed by atoms with Gasteiger partial charge in [-0.1, -0.05) is 63.0 Å². The fourth-order valence-electron chi connectivity index (χ4n) is 2.80. The van der Waals surface area contributed by atoms with E-state index >= 15 is 0 Å². The van der Waals surface area contributed by atoms with Crippen molar-refractivity contribution in [1.29, 1.82) is 0 Å². The summed E-state index contributed by atoms with van der Waals surface area (Å²) in [5, 5.41) is 3.00. The summed E-state index contributed by atoms with van der Waals surface area (Å²) in [6, 6.07) is 15.5. The molecule has 0 aliphatic rings. The van der Waals surface area contributed by atoms with E-state index in [1.807, 2.05) is 62.4 Å². The number of carbonyl (C=O) groups is 2. The second-order valence-corrected chi connectivity index (χ2v) is 10.1. The molecule has 2 aromatic rings. The predicted octanol–water partition coefficient (Wildman–Crippen LogP) is 5.78. The molecular weight excluding hydrogens is 528 g/mol. The van der Waals surface area contributed by atoms with Crippen LogP contribution < -0.4 is 5.32 Å². The van der Waals surface area contributed by atoms with Gasteiger partial charge in [-0.25, -0.2) is 0 Å². The highest BCUT2D eigenvalue weighted by molar-refractivity contribution is 9.10. The van der Waals surface area contributed by atoms with Gasteiger partial charge in [0.1, 0.15) is 6.04 Å². The van der Waals surface area contributed by atoms with Crippen LogP contribution in [-0.2, 0) is 21.9 Å². The van der Waals surface area contributed by atoms with Crippen molar-refractivity contribution in [2.45, 2.75) is 51.6 Å². The highest BCUT2D eigenvalue weighted by Gasteiger charge is 2.26. The highest BCUT2D eigenvalue weighted by Crippen LogP contribution is 2.19. The van der Waals surface area contributed by atoms with Crippen molar-refractivity contribution >= 4 is 55.4 Å². The first-order valence-corrected chi connectivity index (χ1v) is 12.7. The maximum atomic E-state index is 13.1. The Morgan fingerprint density at radius 1 is 1.03 bits per heavy atom. The van der Waals surface area contributed by atoms with Crippen LogP contribution >= 0.6 is 43.6 Å². The Morgan fingerprint density at radius 2 is 1.73 bits per heavy atom. The first-order valence-electron chi connectivity index (χ1n) is 9.96. The van der Waals surface area contributed by atoms with Crippen molar-refractivity contribution in [3.05, 3.63) is 68.6 Å². The van der Waals surface area contributed by atoms with Crippen molar-refractivity contribution < 1.29 is 9.59 Å². The summed E-state index contributed by atoms with van der Waals surface area (Å²) < 4.78 is 1.99. The molecule has 2 amide bonds. The van der Waals surface area contributed by atoms with Crippen LogP contribution in [0.3, 0.4) is 0 Å². The lowest BCUT2D eigenvalue weighted by molar-refractivity contribution is -0.138. The number of hydrogen-bond acceptors (Lipinski definition) is 3. The Bertz CT molecular complexity index is 845. The maximum absolute atomic E-state index is 13.1.